The molecule has 0 fully saturated rings. The quantitative estimate of drug-likeness (QED) is 0.749. The summed E-state index contributed by atoms with van der Waals surface area (Å²) in [5.41, 5.74) is 6.38. The van der Waals surface area contributed by atoms with Crippen LogP contribution in [0.3, 0.4) is 0 Å². The van der Waals surface area contributed by atoms with Crippen LogP contribution in [-0.4, -0.2) is 14.8 Å². The summed E-state index contributed by atoms with van der Waals surface area (Å²) in [6, 6.07) is 3.64. The first-order valence-electron chi connectivity index (χ1n) is 3.68. The zero-order valence-electron chi connectivity index (χ0n) is 6.68. The molecule has 0 bridgehead atoms. The van der Waals surface area contributed by atoms with Crippen molar-refractivity contribution in [2.24, 2.45) is 0 Å². The Morgan fingerprint density at radius 3 is 2.54 bits per heavy atom. The second-order valence-corrected chi connectivity index (χ2v) is 2.92. The van der Waals surface area contributed by atoms with Gasteiger partial charge in [-0.15, -0.1) is 5.10 Å². The van der Waals surface area contributed by atoms with Crippen LogP contribution < -0.4 is 5.73 Å². The fraction of sp³-hybridized carbons (Fsp3) is 0. The van der Waals surface area contributed by atoms with Crippen molar-refractivity contribution in [1.82, 2.24) is 14.8 Å². The summed E-state index contributed by atoms with van der Waals surface area (Å²) in [6.07, 6.45) is 5.02. The van der Waals surface area contributed by atoms with E-state index in [1.807, 2.05) is 12.1 Å². The van der Waals surface area contributed by atoms with E-state index in [4.69, 9.17) is 17.3 Å². The third-order valence-corrected chi connectivity index (χ3v) is 1.91. The van der Waals surface area contributed by atoms with Crippen LogP contribution in [0.25, 0.3) is 5.69 Å². The van der Waals surface area contributed by atoms with Gasteiger partial charge in [-0.3, -0.25) is 4.98 Å². The van der Waals surface area contributed by atoms with Gasteiger partial charge in [-0.25, -0.2) is 4.68 Å². The Labute approximate surface area is 80.0 Å². The average Bonchev–Trinajstić information content (AvgIpc) is 2.49. The normalized spacial score (nSPS) is 10.2. The third-order valence-electron chi connectivity index (χ3n) is 1.62. The molecule has 4 nitrogen and oxygen atoms in total. The van der Waals surface area contributed by atoms with E-state index in [0.717, 1.165) is 5.69 Å². The van der Waals surface area contributed by atoms with Crippen molar-refractivity contribution in [1.29, 1.82) is 0 Å². The molecule has 0 saturated carbocycles. The van der Waals surface area contributed by atoms with Crippen LogP contribution >= 0.6 is 11.6 Å². The van der Waals surface area contributed by atoms with Crippen molar-refractivity contribution in [3.05, 3.63) is 35.7 Å². The Hall–Kier alpha value is -1.55. The highest BCUT2D eigenvalue weighted by Crippen LogP contribution is 2.17. The second-order valence-electron chi connectivity index (χ2n) is 2.51. The molecule has 2 aromatic rings. The lowest BCUT2D eigenvalue weighted by molar-refractivity contribution is 0.883. The van der Waals surface area contributed by atoms with E-state index >= 15 is 0 Å². The molecule has 0 spiro atoms. The van der Waals surface area contributed by atoms with Crippen molar-refractivity contribution in [3.8, 4) is 5.69 Å². The van der Waals surface area contributed by atoms with Gasteiger partial charge in [0, 0.05) is 12.4 Å². The van der Waals surface area contributed by atoms with Crippen LogP contribution in [0.4, 0.5) is 5.82 Å². The topological polar surface area (TPSA) is 56.7 Å². The Balaban J connectivity index is 2.48. The number of aromatic nitrogens is 3. The smallest absolute Gasteiger partial charge is 0.164 e. The molecule has 66 valence electrons. The van der Waals surface area contributed by atoms with Gasteiger partial charge >= 0.3 is 0 Å². The molecule has 0 aliphatic rings. The predicted octanol–water partition coefficient (Wildman–Crippen LogP) is 1.50. The van der Waals surface area contributed by atoms with Gasteiger partial charge in [0.25, 0.3) is 0 Å². The number of pyridine rings is 1. The van der Waals surface area contributed by atoms with Gasteiger partial charge in [-0.1, -0.05) is 11.6 Å². The van der Waals surface area contributed by atoms with Crippen molar-refractivity contribution in [2.75, 3.05) is 5.73 Å². The van der Waals surface area contributed by atoms with E-state index in [1.54, 1.807) is 23.3 Å². The SMILES string of the molecule is Nc1nn(-c2ccncc2)cc1Cl. The highest BCUT2D eigenvalue weighted by atomic mass is 35.5. The van der Waals surface area contributed by atoms with Crippen LogP contribution in [-0.2, 0) is 0 Å². The molecule has 0 saturated heterocycles. The van der Waals surface area contributed by atoms with Gasteiger partial charge in [0.2, 0.25) is 0 Å². The molecule has 2 N–H and O–H groups in total. The minimum atomic E-state index is 0.332. The van der Waals surface area contributed by atoms with E-state index in [2.05, 4.69) is 10.1 Å². The van der Waals surface area contributed by atoms with E-state index in [9.17, 15) is 0 Å². The van der Waals surface area contributed by atoms with Gasteiger partial charge < -0.3 is 5.73 Å². The molecule has 2 aromatic heterocycles. The monoisotopic (exact) mass is 194 g/mol. The summed E-state index contributed by atoms with van der Waals surface area (Å²) < 4.78 is 1.61. The second kappa shape index (κ2) is 3.06. The molecule has 2 rings (SSSR count). The first kappa shape index (κ1) is 8.07. The van der Waals surface area contributed by atoms with E-state index < -0.39 is 0 Å². The molecule has 5 heteroatoms. The number of nitrogens with two attached hydrogens (primary N) is 1. The summed E-state index contributed by atoms with van der Waals surface area (Å²) in [4.78, 5) is 3.89. The fourth-order valence-electron chi connectivity index (χ4n) is 0.995. The van der Waals surface area contributed by atoms with Gasteiger partial charge in [-0.2, -0.15) is 0 Å². The summed E-state index contributed by atoms with van der Waals surface area (Å²) >= 11 is 5.76. The lowest BCUT2D eigenvalue weighted by Gasteiger charge is -1.97. The van der Waals surface area contributed by atoms with Crippen LogP contribution in [0.5, 0.6) is 0 Å². The predicted molar refractivity (Wildman–Crippen MR) is 50.8 cm³/mol. The summed E-state index contributed by atoms with van der Waals surface area (Å²) in [5.74, 6) is 0.332. The number of nitrogen functional groups attached to an aromatic ring is 1. The molecule has 13 heavy (non-hydrogen) atoms. The Morgan fingerprint density at radius 2 is 2.00 bits per heavy atom. The number of hydrogen-bond acceptors (Lipinski definition) is 3. The first-order valence-corrected chi connectivity index (χ1v) is 4.06. The standard InChI is InChI=1S/C8H7ClN4/c9-7-5-13(12-8(7)10)6-1-3-11-4-2-6/h1-5H,(H2,10,12). The summed E-state index contributed by atoms with van der Waals surface area (Å²) in [5, 5.41) is 4.47. The largest absolute Gasteiger partial charge is 0.381 e. The van der Waals surface area contributed by atoms with E-state index in [1.165, 1.54) is 0 Å². The Bertz CT molecular complexity index is 390. The molecule has 0 aromatic carbocycles. The highest BCUT2D eigenvalue weighted by Gasteiger charge is 2.03. The number of nitrogens with zero attached hydrogens (tertiary/aromatic N) is 3. The van der Waals surface area contributed by atoms with Crippen molar-refractivity contribution < 1.29 is 0 Å². The lowest BCUT2D eigenvalue weighted by Crippen LogP contribution is -1.95. The van der Waals surface area contributed by atoms with Crippen LogP contribution in [0, 0.1) is 0 Å². The van der Waals surface area contributed by atoms with E-state index in [0.29, 0.717) is 10.8 Å². The van der Waals surface area contributed by atoms with Crippen LogP contribution in [0.2, 0.25) is 5.02 Å². The first-order chi connectivity index (χ1) is 6.27. The number of rotatable bonds is 1. The molecule has 0 aliphatic carbocycles. The Morgan fingerprint density at radius 1 is 1.31 bits per heavy atom. The minimum Gasteiger partial charge on any atom is -0.381 e. The maximum Gasteiger partial charge on any atom is 0.164 e. The maximum atomic E-state index is 5.76. The van der Waals surface area contributed by atoms with Crippen LogP contribution in [0.1, 0.15) is 0 Å². The van der Waals surface area contributed by atoms with Gasteiger partial charge in [-0.05, 0) is 12.1 Å². The maximum absolute atomic E-state index is 5.76. The van der Waals surface area contributed by atoms with E-state index in [-0.39, 0.29) is 0 Å². The van der Waals surface area contributed by atoms with Crippen molar-refractivity contribution in [3.63, 3.8) is 0 Å². The molecule has 0 amide bonds. The minimum absolute atomic E-state index is 0.332. The van der Waals surface area contributed by atoms with Gasteiger partial charge in [0.1, 0.15) is 5.02 Å². The molecule has 0 aliphatic heterocycles. The Kier molecular flexibility index (Phi) is 1.90. The zero-order valence-corrected chi connectivity index (χ0v) is 7.44. The molecule has 0 radical (unpaired) electrons. The average molecular weight is 195 g/mol. The zero-order chi connectivity index (χ0) is 9.26. The van der Waals surface area contributed by atoms with Crippen molar-refractivity contribution in [2.45, 2.75) is 0 Å². The molecule has 2 heterocycles. The lowest BCUT2D eigenvalue weighted by atomic mass is 10.4. The number of halogens is 1. The van der Waals surface area contributed by atoms with Gasteiger partial charge in [0.05, 0.1) is 11.9 Å². The van der Waals surface area contributed by atoms with Crippen LogP contribution in [0.15, 0.2) is 30.7 Å². The molecule has 0 unspecified atom stereocenters. The number of hydrogen-bond donors (Lipinski definition) is 1. The number of anilines is 1. The van der Waals surface area contributed by atoms with Gasteiger partial charge in [0.15, 0.2) is 5.82 Å². The highest BCUT2D eigenvalue weighted by molar-refractivity contribution is 6.32. The summed E-state index contributed by atoms with van der Waals surface area (Å²) in [7, 11) is 0. The molecular weight excluding hydrogens is 188 g/mol. The van der Waals surface area contributed by atoms with Crippen molar-refractivity contribution >= 4 is 17.4 Å². The fourth-order valence-corrected chi connectivity index (χ4v) is 1.13. The molecule has 0 atom stereocenters. The third kappa shape index (κ3) is 1.48. The summed E-state index contributed by atoms with van der Waals surface area (Å²) in [6.45, 7) is 0. The molecular formula is C8H7ClN4.